The monoisotopic (exact) mass is 502 g/mol. The molecule has 1 saturated carbocycles. The van der Waals surface area contributed by atoms with Gasteiger partial charge in [-0.25, -0.2) is 4.79 Å². The van der Waals surface area contributed by atoms with Gasteiger partial charge in [-0.05, 0) is 39.5 Å². The summed E-state index contributed by atoms with van der Waals surface area (Å²) in [4.78, 5) is 53.8. The number of aromatic nitrogens is 1. The third kappa shape index (κ3) is 5.45. The van der Waals surface area contributed by atoms with Crippen LogP contribution in [0.25, 0.3) is 0 Å². The van der Waals surface area contributed by atoms with E-state index in [4.69, 9.17) is 9.26 Å². The zero-order chi connectivity index (χ0) is 25.9. The molecule has 3 aliphatic rings. The Bertz CT molecular complexity index is 1040. The maximum absolute atomic E-state index is 13.6. The van der Waals surface area contributed by atoms with Crippen molar-refractivity contribution >= 4 is 23.7 Å². The van der Waals surface area contributed by atoms with Gasteiger partial charge in [0, 0.05) is 24.9 Å². The lowest BCUT2D eigenvalue weighted by Gasteiger charge is -2.29. The van der Waals surface area contributed by atoms with Crippen LogP contribution in [-0.4, -0.2) is 75.7 Å². The molecule has 0 radical (unpaired) electrons. The average Bonchev–Trinajstić information content (AvgIpc) is 3.13. The van der Waals surface area contributed by atoms with E-state index in [1.165, 1.54) is 11.0 Å². The number of nitrogens with one attached hydrogen (secondary N) is 2. The molecule has 2 aliphatic heterocycles. The van der Waals surface area contributed by atoms with E-state index in [2.05, 4.69) is 15.8 Å². The van der Waals surface area contributed by atoms with Gasteiger partial charge in [0.2, 0.25) is 11.8 Å². The summed E-state index contributed by atoms with van der Waals surface area (Å²) in [6.45, 7) is 3.52. The second-order valence-electron chi connectivity index (χ2n) is 9.80. The van der Waals surface area contributed by atoms with E-state index in [-0.39, 0.29) is 31.2 Å². The predicted molar refractivity (Wildman–Crippen MR) is 126 cm³/mol. The Morgan fingerprint density at radius 1 is 1.33 bits per heavy atom. The van der Waals surface area contributed by atoms with Crippen molar-refractivity contribution in [2.24, 2.45) is 5.92 Å². The average molecular weight is 503 g/mol. The first kappa shape index (κ1) is 25.9. The molecule has 1 aliphatic carbocycles. The van der Waals surface area contributed by atoms with Crippen molar-refractivity contribution < 1.29 is 33.5 Å². The Hall–Kier alpha value is -3.21. The Kier molecular flexibility index (Phi) is 7.77. The Morgan fingerprint density at radius 2 is 2.14 bits per heavy atom. The molecule has 11 nitrogen and oxygen atoms in total. The molecular formula is C25H34N4O7. The maximum atomic E-state index is 13.6. The molecule has 1 saturated heterocycles. The number of esters is 1. The lowest BCUT2D eigenvalue weighted by Crippen LogP contribution is -2.56. The number of allylic oxidation sites excluding steroid dienone is 1. The third-order valence-corrected chi connectivity index (χ3v) is 7.06. The molecule has 0 spiro atoms. The number of hydrogen-bond acceptors (Lipinski definition) is 8. The van der Waals surface area contributed by atoms with Crippen LogP contribution in [0.3, 0.4) is 0 Å². The molecule has 2 fully saturated rings. The number of aryl methyl sites for hydroxylation is 1. The summed E-state index contributed by atoms with van der Waals surface area (Å²) in [6, 6.07) is -0.388. The third-order valence-electron chi connectivity index (χ3n) is 7.06. The zero-order valence-corrected chi connectivity index (χ0v) is 20.7. The second-order valence-corrected chi connectivity index (χ2v) is 9.80. The van der Waals surface area contributed by atoms with Gasteiger partial charge >= 0.3 is 5.97 Å². The van der Waals surface area contributed by atoms with E-state index < -0.39 is 47.4 Å². The van der Waals surface area contributed by atoms with Gasteiger partial charge in [0.1, 0.15) is 23.4 Å². The van der Waals surface area contributed by atoms with E-state index in [1.54, 1.807) is 13.8 Å². The quantitative estimate of drug-likeness (QED) is 0.408. The number of nitrogens with zero attached hydrogens (tertiary/aromatic N) is 2. The molecule has 36 heavy (non-hydrogen) atoms. The minimum atomic E-state index is -1.16. The summed E-state index contributed by atoms with van der Waals surface area (Å²) < 4.78 is 10.2. The van der Waals surface area contributed by atoms with Crippen molar-refractivity contribution in [3.63, 3.8) is 0 Å². The number of ether oxygens (including phenoxy) is 1. The summed E-state index contributed by atoms with van der Waals surface area (Å²) in [5, 5.41) is 19.6. The van der Waals surface area contributed by atoms with Gasteiger partial charge in [-0.3, -0.25) is 14.4 Å². The van der Waals surface area contributed by atoms with Crippen LogP contribution in [0.1, 0.15) is 68.1 Å². The summed E-state index contributed by atoms with van der Waals surface area (Å²) in [7, 11) is 0. The molecule has 3 heterocycles. The fourth-order valence-electron chi connectivity index (χ4n) is 5.03. The van der Waals surface area contributed by atoms with Gasteiger partial charge in [0.05, 0.1) is 12.7 Å². The first-order valence-corrected chi connectivity index (χ1v) is 12.6. The Morgan fingerprint density at radius 3 is 2.86 bits per heavy atom. The van der Waals surface area contributed by atoms with Gasteiger partial charge in [-0.2, -0.15) is 0 Å². The van der Waals surface area contributed by atoms with Crippen LogP contribution >= 0.6 is 0 Å². The predicted octanol–water partition coefficient (Wildman–Crippen LogP) is 1.00. The van der Waals surface area contributed by atoms with Crippen molar-refractivity contribution in [3.8, 4) is 0 Å². The number of fused-ring (bicyclic) bond motifs is 2. The summed E-state index contributed by atoms with van der Waals surface area (Å²) >= 11 is 0. The number of rotatable bonds is 4. The van der Waals surface area contributed by atoms with Crippen molar-refractivity contribution in [1.29, 1.82) is 0 Å². The number of carbonyl (C=O) groups excluding carboxylic acids is 4. The molecule has 1 aromatic rings. The van der Waals surface area contributed by atoms with E-state index in [1.807, 2.05) is 12.2 Å². The number of hydrogen-bond donors (Lipinski definition) is 3. The van der Waals surface area contributed by atoms with Crippen LogP contribution in [-0.2, 0) is 19.1 Å². The highest BCUT2D eigenvalue weighted by Crippen LogP contribution is 2.46. The Labute approximate surface area is 209 Å². The SMILES string of the molecule is CCOC(=O)[C@@]12C[C@H]1/C=C\CCCCC[C@H](NC(=O)c1cc(C)on1)C(=O)N1C[C@H](O)C[C@H]1C(=O)N2. The van der Waals surface area contributed by atoms with E-state index >= 15 is 0 Å². The topological polar surface area (TPSA) is 151 Å². The molecule has 11 heteroatoms. The van der Waals surface area contributed by atoms with Crippen LogP contribution in [0.4, 0.5) is 0 Å². The molecule has 0 unspecified atom stereocenters. The maximum Gasteiger partial charge on any atom is 0.332 e. The fourth-order valence-corrected chi connectivity index (χ4v) is 5.03. The number of carbonyl (C=O) groups is 4. The van der Waals surface area contributed by atoms with E-state index in [0.717, 1.165) is 19.3 Å². The largest absolute Gasteiger partial charge is 0.464 e. The minimum Gasteiger partial charge on any atom is -0.464 e. The van der Waals surface area contributed by atoms with Gasteiger partial charge in [0.25, 0.3) is 5.91 Å². The number of aliphatic hydroxyl groups is 1. The lowest BCUT2D eigenvalue weighted by atomic mass is 10.0. The molecular weight excluding hydrogens is 468 g/mol. The van der Waals surface area contributed by atoms with Crippen molar-refractivity contribution in [2.45, 2.75) is 82.5 Å². The van der Waals surface area contributed by atoms with Crippen molar-refractivity contribution in [1.82, 2.24) is 20.7 Å². The molecule has 3 amide bonds. The van der Waals surface area contributed by atoms with Crippen molar-refractivity contribution in [3.05, 3.63) is 29.7 Å². The molecule has 0 bridgehead atoms. The van der Waals surface area contributed by atoms with Gasteiger partial charge in [-0.1, -0.05) is 30.2 Å². The Balaban J connectivity index is 1.58. The normalized spacial score (nSPS) is 31.8. The van der Waals surface area contributed by atoms with Gasteiger partial charge in [-0.15, -0.1) is 0 Å². The molecule has 0 aromatic carbocycles. The zero-order valence-electron chi connectivity index (χ0n) is 20.7. The van der Waals surface area contributed by atoms with Crippen LogP contribution < -0.4 is 10.6 Å². The van der Waals surface area contributed by atoms with Crippen molar-refractivity contribution in [2.75, 3.05) is 13.2 Å². The fraction of sp³-hybridized carbons (Fsp3) is 0.640. The van der Waals surface area contributed by atoms with E-state index in [9.17, 15) is 24.3 Å². The molecule has 4 rings (SSSR count). The summed E-state index contributed by atoms with van der Waals surface area (Å²) in [6.07, 6.45) is 7.11. The minimum absolute atomic E-state index is 0.0396. The first-order chi connectivity index (χ1) is 17.2. The number of aliphatic hydroxyl groups excluding tert-OH is 1. The van der Waals surface area contributed by atoms with Crippen LogP contribution in [0.5, 0.6) is 0 Å². The van der Waals surface area contributed by atoms with E-state index in [0.29, 0.717) is 25.0 Å². The van der Waals surface area contributed by atoms with Crippen LogP contribution in [0, 0.1) is 12.8 Å². The molecule has 196 valence electrons. The highest BCUT2D eigenvalue weighted by atomic mass is 16.5. The summed E-state index contributed by atoms with van der Waals surface area (Å²) in [5.74, 6) is -1.73. The second kappa shape index (κ2) is 10.8. The van der Waals surface area contributed by atoms with Gasteiger partial charge in [0.15, 0.2) is 5.69 Å². The molecule has 5 atom stereocenters. The first-order valence-electron chi connectivity index (χ1n) is 12.6. The van der Waals surface area contributed by atoms with Crippen LogP contribution in [0.2, 0.25) is 0 Å². The highest BCUT2D eigenvalue weighted by Gasteiger charge is 2.62. The molecule has 3 N–H and O–H groups in total. The summed E-state index contributed by atoms with van der Waals surface area (Å²) in [5.41, 5.74) is -1.10. The van der Waals surface area contributed by atoms with Crippen LogP contribution in [0.15, 0.2) is 22.7 Å². The number of amides is 3. The lowest BCUT2D eigenvalue weighted by molar-refractivity contribution is -0.150. The smallest absolute Gasteiger partial charge is 0.332 e. The highest BCUT2D eigenvalue weighted by molar-refractivity contribution is 5.98. The standard InChI is InChI=1S/C25H34N4O7/c1-3-35-24(34)25-13-16(25)9-7-5-4-6-8-10-18(26-21(31)19-11-15(2)36-28-19)23(33)29-14-17(30)12-20(29)22(32)27-25/h7,9,11,16-18,20,30H,3-6,8,10,12-14H2,1-2H3,(H,26,31)(H,27,32)/b9-7-/t16-,17-,18+,20+,25-/m1/s1. The van der Waals surface area contributed by atoms with Gasteiger partial charge < -0.3 is 29.9 Å². The molecule has 1 aromatic heterocycles.